The van der Waals surface area contributed by atoms with Crippen molar-refractivity contribution in [2.75, 3.05) is 0 Å². The molecule has 1 aliphatic carbocycles. The first kappa shape index (κ1) is 15.6. The minimum atomic E-state index is -0.812. The average Bonchev–Trinajstić information content (AvgIpc) is 2.65. The van der Waals surface area contributed by atoms with E-state index in [0.717, 1.165) is 16.7 Å². The topological polar surface area (TPSA) is 51.2 Å². The van der Waals surface area contributed by atoms with Crippen LogP contribution >= 0.6 is 0 Å². The van der Waals surface area contributed by atoms with Gasteiger partial charge in [-0.15, -0.1) is 0 Å². The molecule has 1 aliphatic rings. The number of aryl methyl sites for hydroxylation is 1. The molecule has 112 valence electrons. The Kier molecular flexibility index (Phi) is 3.87. The van der Waals surface area contributed by atoms with Crippen LogP contribution in [-0.4, -0.2) is 17.3 Å². The van der Waals surface area contributed by atoms with E-state index in [1.165, 1.54) is 18.1 Å². The van der Waals surface area contributed by atoms with Gasteiger partial charge in [-0.1, -0.05) is 13.0 Å². The number of rotatable bonds is 2. The molecule has 3 nitrogen and oxygen atoms in total. The van der Waals surface area contributed by atoms with Crippen LogP contribution in [0.25, 0.3) is 0 Å². The zero-order chi connectivity index (χ0) is 16.1. The first-order valence-electron chi connectivity index (χ1n) is 7.34. The fourth-order valence-corrected chi connectivity index (χ4v) is 3.47. The molecule has 3 heteroatoms. The zero-order valence-electron chi connectivity index (χ0n) is 13.5. The molecule has 0 saturated heterocycles. The molecule has 0 amide bonds. The Morgan fingerprint density at radius 1 is 0.952 bits per heavy atom. The summed E-state index contributed by atoms with van der Waals surface area (Å²) < 4.78 is 0. The highest BCUT2D eigenvalue weighted by atomic mass is 16.2. The Morgan fingerprint density at radius 2 is 1.52 bits per heavy atom. The van der Waals surface area contributed by atoms with Crippen molar-refractivity contribution in [2.24, 2.45) is 11.8 Å². The van der Waals surface area contributed by atoms with E-state index in [-0.39, 0.29) is 11.7 Å². The van der Waals surface area contributed by atoms with Crippen molar-refractivity contribution in [3.8, 4) is 0 Å². The van der Waals surface area contributed by atoms with E-state index in [2.05, 4.69) is 6.92 Å². The van der Waals surface area contributed by atoms with Crippen LogP contribution in [0.2, 0.25) is 0 Å². The van der Waals surface area contributed by atoms with Crippen molar-refractivity contribution in [3.63, 3.8) is 0 Å². The summed E-state index contributed by atoms with van der Waals surface area (Å²) in [5.74, 6) is -2.69. The highest BCUT2D eigenvalue weighted by Crippen LogP contribution is 2.43. The molecule has 1 saturated carbocycles. The van der Waals surface area contributed by atoms with Gasteiger partial charge in [0.2, 0.25) is 11.6 Å². The van der Waals surface area contributed by atoms with E-state index in [4.69, 9.17) is 0 Å². The molecule has 0 N–H and O–H groups in total. The van der Waals surface area contributed by atoms with Crippen molar-refractivity contribution in [2.45, 2.75) is 47.5 Å². The fraction of sp³-hybridized carbons (Fsp3) is 0.500. The van der Waals surface area contributed by atoms with Crippen molar-refractivity contribution in [3.05, 3.63) is 33.9 Å². The number of ketones is 3. The van der Waals surface area contributed by atoms with Crippen LogP contribution in [-0.2, 0) is 14.4 Å². The van der Waals surface area contributed by atoms with Gasteiger partial charge >= 0.3 is 0 Å². The summed E-state index contributed by atoms with van der Waals surface area (Å²) in [4.78, 5) is 36.1. The number of Topliss-reactive ketones (excluding diaryl/α,β-unsaturated/α-hetero) is 3. The van der Waals surface area contributed by atoms with Crippen LogP contribution in [0, 0.1) is 39.5 Å². The Hall–Kier alpha value is -1.77. The SMILES string of the molecule is CC(=O)C1C(=O)C(=O)C(C)C1c1cc(C)c(C)c(C)c1C. The van der Waals surface area contributed by atoms with Crippen LogP contribution in [0.1, 0.15) is 47.6 Å². The summed E-state index contributed by atoms with van der Waals surface area (Å²) in [6.07, 6.45) is 0. The van der Waals surface area contributed by atoms with Crippen LogP contribution in [0.15, 0.2) is 6.07 Å². The largest absolute Gasteiger partial charge is 0.299 e. The summed E-state index contributed by atoms with van der Waals surface area (Å²) in [5.41, 5.74) is 5.59. The maximum atomic E-state index is 12.1. The Balaban J connectivity index is 2.67. The summed E-state index contributed by atoms with van der Waals surface area (Å²) in [6, 6.07) is 2.04. The van der Waals surface area contributed by atoms with E-state index >= 15 is 0 Å². The van der Waals surface area contributed by atoms with E-state index in [0.29, 0.717) is 0 Å². The molecule has 0 aliphatic heterocycles. The zero-order valence-corrected chi connectivity index (χ0v) is 13.5. The first-order chi connectivity index (χ1) is 9.68. The summed E-state index contributed by atoms with van der Waals surface area (Å²) in [6.45, 7) is 11.3. The average molecular weight is 286 g/mol. The third kappa shape index (κ3) is 2.25. The molecule has 2 rings (SSSR count). The van der Waals surface area contributed by atoms with Gasteiger partial charge in [-0.25, -0.2) is 0 Å². The lowest BCUT2D eigenvalue weighted by atomic mass is 9.78. The van der Waals surface area contributed by atoms with Crippen molar-refractivity contribution >= 4 is 17.3 Å². The molecule has 3 atom stereocenters. The molecule has 1 aromatic rings. The molecule has 21 heavy (non-hydrogen) atoms. The van der Waals surface area contributed by atoms with E-state index in [1.807, 2.05) is 26.8 Å². The lowest BCUT2D eigenvalue weighted by molar-refractivity contribution is -0.139. The highest BCUT2D eigenvalue weighted by molar-refractivity contribution is 6.44. The van der Waals surface area contributed by atoms with Crippen LogP contribution in [0.4, 0.5) is 0 Å². The quantitative estimate of drug-likeness (QED) is 0.620. The Morgan fingerprint density at radius 3 is 2.05 bits per heavy atom. The van der Waals surface area contributed by atoms with E-state index < -0.39 is 23.4 Å². The minimum absolute atomic E-state index is 0.210. The van der Waals surface area contributed by atoms with Gasteiger partial charge in [-0.3, -0.25) is 14.4 Å². The molecule has 3 unspecified atom stereocenters. The van der Waals surface area contributed by atoms with E-state index in [1.54, 1.807) is 6.92 Å². The van der Waals surface area contributed by atoms with Gasteiger partial charge in [0.25, 0.3) is 0 Å². The maximum absolute atomic E-state index is 12.1. The third-order valence-corrected chi connectivity index (χ3v) is 5.16. The van der Waals surface area contributed by atoms with Crippen molar-refractivity contribution in [1.82, 2.24) is 0 Å². The second-order valence-electron chi connectivity index (χ2n) is 6.29. The number of hydrogen-bond donors (Lipinski definition) is 0. The second kappa shape index (κ2) is 5.21. The lowest BCUT2D eigenvalue weighted by Gasteiger charge is -2.24. The molecule has 0 spiro atoms. The van der Waals surface area contributed by atoms with Gasteiger partial charge in [0.05, 0.1) is 5.92 Å². The molecular formula is C18H22O3. The molecular weight excluding hydrogens is 264 g/mol. The molecule has 1 fully saturated rings. The van der Waals surface area contributed by atoms with Crippen LogP contribution in [0.3, 0.4) is 0 Å². The molecule has 0 bridgehead atoms. The van der Waals surface area contributed by atoms with Crippen molar-refractivity contribution in [1.29, 1.82) is 0 Å². The molecule has 0 aromatic heterocycles. The standard InChI is InChI=1S/C18H22O3/c1-8-7-14(11(4)10(3)9(8)2)15-12(5)17(20)18(21)16(15)13(6)19/h7,12,15-16H,1-6H3. The minimum Gasteiger partial charge on any atom is -0.299 e. The van der Waals surface area contributed by atoms with Gasteiger partial charge in [-0.05, 0) is 62.4 Å². The van der Waals surface area contributed by atoms with Crippen LogP contribution < -0.4 is 0 Å². The second-order valence-corrected chi connectivity index (χ2v) is 6.29. The fourth-order valence-electron chi connectivity index (χ4n) is 3.47. The maximum Gasteiger partial charge on any atom is 0.209 e. The number of carbonyl (C=O) groups excluding carboxylic acids is 3. The number of benzene rings is 1. The normalized spacial score (nSPS) is 25.5. The van der Waals surface area contributed by atoms with E-state index in [9.17, 15) is 14.4 Å². The van der Waals surface area contributed by atoms with Crippen LogP contribution in [0.5, 0.6) is 0 Å². The third-order valence-electron chi connectivity index (χ3n) is 5.16. The van der Waals surface area contributed by atoms with Gasteiger partial charge < -0.3 is 0 Å². The van der Waals surface area contributed by atoms with Gasteiger partial charge in [0.1, 0.15) is 5.78 Å². The molecule has 0 heterocycles. The number of hydrogen-bond acceptors (Lipinski definition) is 3. The van der Waals surface area contributed by atoms with Gasteiger partial charge in [0, 0.05) is 11.8 Å². The Bertz CT molecular complexity index is 655. The first-order valence-corrected chi connectivity index (χ1v) is 7.34. The summed E-state index contributed by atoms with van der Waals surface area (Å²) in [5, 5.41) is 0. The Labute approximate surface area is 125 Å². The van der Waals surface area contributed by atoms with Gasteiger partial charge in [-0.2, -0.15) is 0 Å². The lowest BCUT2D eigenvalue weighted by Crippen LogP contribution is -2.24. The predicted molar refractivity (Wildman–Crippen MR) is 81.5 cm³/mol. The predicted octanol–water partition coefficient (Wildman–Crippen LogP) is 3.00. The molecule has 0 radical (unpaired) electrons. The summed E-state index contributed by atoms with van der Waals surface area (Å²) >= 11 is 0. The summed E-state index contributed by atoms with van der Waals surface area (Å²) in [7, 11) is 0. The monoisotopic (exact) mass is 286 g/mol. The highest BCUT2D eigenvalue weighted by Gasteiger charge is 2.50. The smallest absolute Gasteiger partial charge is 0.209 e. The molecule has 1 aromatic carbocycles. The van der Waals surface area contributed by atoms with Crippen molar-refractivity contribution < 1.29 is 14.4 Å². The van der Waals surface area contributed by atoms with Gasteiger partial charge in [0.15, 0.2) is 0 Å². The number of carbonyl (C=O) groups is 3.